The second kappa shape index (κ2) is 8.67. The van der Waals surface area contributed by atoms with E-state index in [4.69, 9.17) is 0 Å². The van der Waals surface area contributed by atoms with Crippen molar-refractivity contribution < 1.29 is 13.2 Å². The van der Waals surface area contributed by atoms with Crippen LogP contribution in [0, 0.1) is 27.7 Å². The van der Waals surface area contributed by atoms with Crippen LogP contribution in [0.4, 0.5) is 0 Å². The lowest BCUT2D eigenvalue weighted by Crippen LogP contribution is -2.50. The average Bonchev–Trinajstić information content (AvgIpc) is 2.66. The Kier molecular flexibility index (Phi) is 6.44. The number of benzene rings is 2. The molecule has 29 heavy (non-hydrogen) atoms. The van der Waals surface area contributed by atoms with Crippen LogP contribution in [0.25, 0.3) is 0 Å². The van der Waals surface area contributed by atoms with Crippen molar-refractivity contribution in [3.05, 3.63) is 64.2 Å². The lowest BCUT2D eigenvalue weighted by Gasteiger charge is -2.34. The molecule has 1 aliphatic rings. The van der Waals surface area contributed by atoms with Gasteiger partial charge in [0.2, 0.25) is 15.9 Å². The molecule has 2 aromatic carbocycles. The number of nitrogens with zero attached hydrogens (tertiary/aromatic N) is 2. The van der Waals surface area contributed by atoms with E-state index in [1.807, 2.05) is 39.8 Å². The third-order valence-corrected chi connectivity index (χ3v) is 7.75. The van der Waals surface area contributed by atoms with E-state index in [2.05, 4.69) is 24.3 Å². The smallest absolute Gasteiger partial charge is 0.243 e. The minimum absolute atomic E-state index is 0.0883. The zero-order valence-corrected chi connectivity index (χ0v) is 18.6. The molecule has 6 heteroatoms. The van der Waals surface area contributed by atoms with Crippen molar-refractivity contribution in [2.45, 2.75) is 45.4 Å². The van der Waals surface area contributed by atoms with Gasteiger partial charge in [0.05, 0.1) is 4.90 Å². The number of amides is 1. The summed E-state index contributed by atoms with van der Waals surface area (Å²) in [6.07, 6.45) is 1.16. The van der Waals surface area contributed by atoms with Crippen LogP contribution in [0.2, 0.25) is 0 Å². The highest BCUT2D eigenvalue weighted by Gasteiger charge is 2.32. The molecular weight excluding hydrogens is 384 g/mol. The number of carbonyl (C=O) groups is 1. The third kappa shape index (κ3) is 4.87. The molecule has 0 saturated carbocycles. The van der Waals surface area contributed by atoms with E-state index in [0.717, 1.165) is 22.3 Å². The molecule has 0 unspecified atom stereocenters. The SMILES string of the molecule is Cc1ccc(CCC(=O)N2CCN(S(=O)(=O)c3c(C)cc(C)cc3C)CC2)cc1. The van der Waals surface area contributed by atoms with Gasteiger partial charge < -0.3 is 4.90 Å². The molecule has 0 bridgehead atoms. The van der Waals surface area contributed by atoms with Crippen molar-refractivity contribution in [1.82, 2.24) is 9.21 Å². The average molecular weight is 415 g/mol. The van der Waals surface area contributed by atoms with Crippen LogP contribution in [-0.2, 0) is 21.2 Å². The Morgan fingerprint density at radius 2 is 1.41 bits per heavy atom. The predicted octanol–water partition coefficient (Wildman–Crippen LogP) is 3.39. The first-order chi connectivity index (χ1) is 13.7. The monoisotopic (exact) mass is 414 g/mol. The fourth-order valence-electron chi connectivity index (χ4n) is 4.04. The predicted molar refractivity (Wildman–Crippen MR) is 115 cm³/mol. The van der Waals surface area contributed by atoms with Crippen LogP contribution < -0.4 is 0 Å². The zero-order valence-electron chi connectivity index (χ0n) is 17.7. The molecule has 2 aromatic rings. The first-order valence-corrected chi connectivity index (χ1v) is 11.5. The van der Waals surface area contributed by atoms with Crippen LogP contribution in [-0.4, -0.2) is 49.7 Å². The summed E-state index contributed by atoms with van der Waals surface area (Å²) in [5.41, 5.74) is 4.97. The van der Waals surface area contributed by atoms with Crippen LogP contribution in [0.3, 0.4) is 0 Å². The van der Waals surface area contributed by atoms with Gasteiger partial charge in [-0.3, -0.25) is 4.79 Å². The van der Waals surface area contributed by atoms with Crippen molar-refractivity contribution in [3.63, 3.8) is 0 Å². The van der Waals surface area contributed by atoms with Gasteiger partial charge in [0.1, 0.15) is 0 Å². The van der Waals surface area contributed by atoms with Gasteiger partial charge in [-0.05, 0) is 50.8 Å². The molecule has 156 valence electrons. The molecule has 1 fully saturated rings. The van der Waals surface area contributed by atoms with Crippen molar-refractivity contribution in [2.24, 2.45) is 0 Å². The van der Waals surface area contributed by atoms with Crippen LogP contribution in [0.1, 0.15) is 34.2 Å². The number of rotatable bonds is 5. The van der Waals surface area contributed by atoms with Gasteiger partial charge in [-0.25, -0.2) is 8.42 Å². The van der Waals surface area contributed by atoms with Crippen molar-refractivity contribution in [3.8, 4) is 0 Å². The molecule has 1 amide bonds. The zero-order chi connectivity index (χ0) is 21.2. The summed E-state index contributed by atoms with van der Waals surface area (Å²) in [6.45, 7) is 9.26. The topological polar surface area (TPSA) is 57.7 Å². The van der Waals surface area contributed by atoms with Crippen molar-refractivity contribution in [2.75, 3.05) is 26.2 Å². The molecule has 0 aliphatic carbocycles. The van der Waals surface area contributed by atoms with E-state index in [0.29, 0.717) is 43.9 Å². The summed E-state index contributed by atoms with van der Waals surface area (Å²) >= 11 is 0. The Hall–Kier alpha value is -2.18. The molecule has 1 aliphatic heterocycles. The Morgan fingerprint density at radius 3 is 1.97 bits per heavy atom. The van der Waals surface area contributed by atoms with Crippen LogP contribution >= 0.6 is 0 Å². The molecule has 3 rings (SSSR count). The lowest BCUT2D eigenvalue weighted by molar-refractivity contribution is -0.132. The quantitative estimate of drug-likeness (QED) is 0.754. The highest BCUT2D eigenvalue weighted by molar-refractivity contribution is 7.89. The van der Waals surface area contributed by atoms with Gasteiger partial charge in [0.15, 0.2) is 0 Å². The van der Waals surface area contributed by atoms with Crippen LogP contribution in [0.15, 0.2) is 41.3 Å². The maximum absolute atomic E-state index is 13.2. The molecule has 5 nitrogen and oxygen atoms in total. The Morgan fingerprint density at radius 1 is 0.862 bits per heavy atom. The molecule has 0 aromatic heterocycles. The summed E-state index contributed by atoms with van der Waals surface area (Å²) in [6, 6.07) is 12.0. The van der Waals surface area contributed by atoms with Crippen molar-refractivity contribution in [1.29, 1.82) is 0 Å². The molecule has 0 radical (unpaired) electrons. The summed E-state index contributed by atoms with van der Waals surface area (Å²) < 4.78 is 27.9. The van der Waals surface area contributed by atoms with Crippen LogP contribution in [0.5, 0.6) is 0 Å². The maximum atomic E-state index is 13.2. The minimum Gasteiger partial charge on any atom is -0.340 e. The fraction of sp³-hybridized carbons (Fsp3) is 0.435. The van der Waals surface area contributed by atoms with Gasteiger partial charge in [-0.1, -0.05) is 47.5 Å². The minimum atomic E-state index is -3.55. The number of hydrogen-bond donors (Lipinski definition) is 0. The maximum Gasteiger partial charge on any atom is 0.243 e. The van der Waals surface area contributed by atoms with Gasteiger partial charge in [0.25, 0.3) is 0 Å². The summed E-state index contributed by atoms with van der Waals surface area (Å²) in [7, 11) is -3.55. The first-order valence-electron chi connectivity index (χ1n) is 10.1. The summed E-state index contributed by atoms with van der Waals surface area (Å²) in [5.74, 6) is 0.0883. The third-order valence-electron chi connectivity index (χ3n) is 5.54. The molecule has 0 atom stereocenters. The van der Waals surface area contributed by atoms with Gasteiger partial charge >= 0.3 is 0 Å². The van der Waals surface area contributed by atoms with E-state index in [9.17, 15) is 13.2 Å². The first kappa shape index (κ1) is 21.5. The summed E-state index contributed by atoms with van der Waals surface area (Å²) in [4.78, 5) is 14.8. The number of piperazine rings is 1. The van der Waals surface area contributed by atoms with Crippen molar-refractivity contribution >= 4 is 15.9 Å². The van der Waals surface area contributed by atoms with Gasteiger partial charge in [0, 0.05) is 32.6 Å². The number of aryl methyl sites for hydroxylation is 5. The second-order valence-corrected chi connectivity index (χ2v) is 9.87. The van der Waals surface area contributed by atoms with E-state index >= 15 is 0 Å². The molecule has 1 heterocycles. The molecule has 1 saturated heterocycles. The number of carbonyl (C=O) groups excluding carboxylic acids is 1. The van der Waals surface area contributed by atoms with Gasteiger partial charge in [-0.15, -0.1) is 0 Å². The molecule has 0 N–H and O–H groups in total. The highest BCUT2D eigenvalue weighted by Crippen LogP contribution is 2.26. The highest BCUT2D eigenvalue weighted by atomic mass is 32.2. The fourth-order valence-corrected chi connectivity index (χ4v) is 5.88. The van der Waals surface area contributed by atoms with E-state index < -0.39 is 10.0 Å². The largest absolute Gasteiger partial charge is 0.340 e. The molecule has 0 spiro atoms. The van der Waals surface area contributed by atoms with E-state index in [-0.39, 0.29) is 5.91 Å². The number of hydrogen-bond acceptors (Lipinski definition) is 3. The second-order valence-electron chi connectivity index (χ2n) is 8.00. The normalized spacial score (nSPS) is 15.5. The van der Waals surface area contributed by atoms with E-state index in [1.165, 1.54) is 9.87 Å². The number of sulfonamides is 1. The molecular formula is C23H30N2O3S. The summed E-state index contributed by atoms with van der Waals surface area (Å²) in [5, 5.41) is 0. The van der Waals surface area contributed by atoms with Gasteiger partial charge in [-0.2, -0.15) is 4.31 Å². The lowest BCUT2D eigenvalue weighted by atomic mass is 10.1. The standard InChI is InChI=1S/C23H30N2O3S/c1-17-5-7-21(8-6-17)9-10-22(26)24-11-13-25(14-12-24)29(27,28)23-19(3)15-18(2)16-20(23)4/h5-8,15-16H,9-14H2,1-4H3. The Bertz CT molecular complexity index is 966. The Labute approximate surface area is 174 Å². The Balaban J connectivity index is 1.61. The van der Waals surface area contributed by atoms with E-state index in [1.54, 1.807) is 4.90 Å².